The number of alkyl carbamates (subject to hydrolysis) is 1. The molecule has 3 heterocycles. The molecule has 0 aliphatic carbocycles. The number of thiophene rings is 1. The number of amides is 3. The maximum Gasteiger partial charge on any atom is 0.413 e. The van der Waals surface area contributed by atoms with E-state index >= 15 is 0 Å². The van der Waals surface area contributed by atoms with Crippen molar-refractivity contribution in [1.29, 1.82) is 0 Å². The summed E-state index contributed by atoms with van der Waals surface area (Å²) in [6.45, 7) is 5.32. The van der Waals surface area contributed by atoms with Gasteiger partial charge in [0.25, 0.3) is 11.8 Å². The van der Waals surface area contributed by atoms with E-state index in [4.69, 9.17) is 0 Å². The van der Waals surface area contributed by atoms with E-state index in [2.05, 4.69) is 27.2 Å². The number of nitrogens with one attached hydrogen (secondary N) is 2. The van der Waals surface area contributed by atoms with E-state index in [1.807, 2.05) is 0 Å². The quantitative estimate of drug-likeness (QED) is 0.600. The van der Waals surface area contributed by atoms with Gasteiger partial charge in [-0.25, -0.2) is 13.2 Å². The maximum absolute atomic E-state index is 13.0. The first-order valence-electron chi connectivity index (χ1n) is 11.4. The lowest BCUT2D eigenvalue weighted by atomic mass is 10.0. The molecule has 1 fully saturated rings. The number of nitrogens with zero attached hydrogens (tertiary/aromatic N) is 2. The second kappa shape index (κ2) is 10.4. The summed E-state index contributed by atoms with van der Waals surface area (Å²) in [5.41, 5.74) is 1.32. The average molecular weight is 521 g/mol. The first-order chi connectivity index (χ1) is 16.7. The fourth-order valence-electron chi connectivity index (χ4n) is 4.29. The second-order valence-corrected chi connectivity index (χ2v) is 11.4. The molecule has 2 aliphatic heterocycles. The van der Waals surface area contributed by atoms with E-state index in [9.17, 15) is 22.8 Å². The number of anilines is 1. The van der Waals surface area contributed by atoms with Gasteiger partial charge in [0.2, 0.25) is 10.0 Å². The second-order valence-electron chi connectivity index (χ2n) is 8.36. The van der Waals surface area contributed by atoms with E-state index in [0.29, 0.717) is 31.1 Å². The highest BCUT2D eigenvalue weighted by Gasteiger charge is 2.30. The molecule has 0 bridgehead atoms. The first-order valence-corrected chi connectivity index (χ1v) is 13.7. The van der Waals surface area contributed by atoms with Gasteiger partial charge in [-0.05, 0) is 55.6 Å². The van der Waals surface area contributed by atoms with Gasteiger partial charge in [0.1, 0.15) is 5.00 Å². The van der Waals surface area contributed by atoms with Crippen molar-refractivity contribution < 1.29 is 27.5 Å². The summed E-state index contributed by atoms with van der Waals surface area (Å²) >= 11 is 1.30. The third-order valence-electron chi connectivity index (χ3n) is 6.26. The highest BCUT2D eigenvalue weighted by atomic mass is 32.2. The van der Waals surface area contributed by atoms with Crippen molar-refractivity contribution in [3.8, 4) is 0 Å². The summed E-state index contributed by atoms with van der Waals surface area (Å²) in [6, 6.07) is 5.76. The molecule has 188 valence electrons. The van der Waals surface area contributed by atoms with Crippen LogP contribution in [0, 0.1) is 0 Å². The van der Waals surface area contributed by atoms with E-state index in [-0.39, 0.29) is 16.0 Å². The third kappa shape index (κ3) is 5.25. The third-order valence-corrected chi connectivity index (χ3v) is 9.30. The minimum atomic E-state index is -3.58. The van der Waals surface area contributed by atoms with Crippen LogP contribution < -0.4 is 10.6 Å². The largest absolute Gasteiger partial charge is 0.453 e. The van der Waals surface area contributed by atoms with Gasteiger partial charge < -0.3 is 10.1 Å². The lowest BCUT2D eigenvalue weighted by Gasteiger charge is -2.25. The van der Waals surface area contributed by atoms with Crippen molar-refractivity contribution in [2.24, 2.45) is 0 Å². The molecule has 4 rings (SSSR count). The summed E-state index contributed by atoms with van der Waals surface area (Å²) in [7, 11) is -2.41. The molecule has 10 nitrogen and oxygen atoms in total. The topological polar surface area (TPSA) is 125 Å². The van der Waals surface area contributed by atoms with Crippen LogP contribution in [0.3, 0.4) is 0 Å². The summed E-state index contributed by atoms with van der Waals surface area (Å²) in [5, 5.41) is 5.31. The fourth-order valence-corrected chi connectivity index (χ4v) is 7.09. The lowest BCUT2D eigenvalue weighted by Crippen LogP contribution is -2.33. The molecule has 35 heavy (non-hydrogen) atoms. The number of hydrogen-bond acceptors (Lipinski definition) is 8. The summed E-state index contributed by atoms with van der Waals surface area (Å²) in [5.74, 6) is -1.12. The van der Waals surface area contributed by atoms with Crippen molar-refractivity contribution in [3.63, 3.8) is 0 Å². The standard InChI is InChI=1S/C23H28N4O6S2/c1-3-26-13-10-17-18(14-26)34-22(19(17)21(29)25-23(30)33-2)24-20(28)15-6-8-16(9-7-15)35(31,32)27-11-4-5-12-27/h6-9H,3-5,10-14H2,1-2H3,(H,24,28)(H,25,29,30). The Hall–Kier alpha value is -2.80. The molecular weight excluding hydrogens is 492 g/mol. The number of hydrogen-bond donors (Lipinski definition) is 2. The van der Waals surface area contributed by atoms with Gasteiger partial charge in [-0.3, -0.25) is 19.8 Å². The maximum atomic E-state index is 13.0. The predicted octanol–water partition coefficient (Wildman–Crippen LogP) is 2.66. The van der Waals surface area contributed by atoms with Crippen LogP contribution in [0.15, 0.2) is 29.2 Å². The normalized spacial score (nSPS) is 16.5. The van der Waals surface area contributed by atoms with Gasteiger partial charge in [0, 0.05) is 36.6 Å². The minimum absolute atomic E-state index is 0.139. The van der Waals surface area contributed by atoms with Crippen molar-refractivity contribution in [2.75, 3.05) is 38.6 Å². The molecule has 0 radical (unpaired) electrons. The molecule has 1 aromatic heterocycles. The zero-order valence-electron chi connectivity index (χ0n) is 19.6. The van der Waals surface area contributed by atoms with Gasteiger partial charge in [-0.2, -0.15) is 4.31 Å². The molecule has 0 spiro atoms. The number of carbonyl (C=O) groups excluding carboxylic acids is 3. The Bertz CT molecular complexity index is 1230. The van der Waals surface area contributed by atoms with Gasteiger partial charge in [0.15, 0.2) is 0 Å². The molecule has 0 saturated carbocycles. The highest BCUT2D eigenvalue weighted by Crippen LogP contribution is 2.37. The Balaban J connectivity index is 1.58. The van der Waals surface area contributed by atoms with Crippen LogP contribution >= 0.6 is 11.3 Å². The smallest absolute Gasteiger partial charge is 0.413 e. The fraction of sp³-hybridized carbons (Fsp3) is 0.435. The number of imide groups is 1. The van der Waals surface area contributed by atoms with Gasteiger partial charge >= 0.3 is 6.09 Å². The molecule has 2 aliphatic rings. The molecule has 0 atom stereocenters. The summed E-state index contributed by atoms with van der Waals surface area (Å²) in [6.07, 6.45) is 1.41. The van der Waals surface area contributed by atoms with E-state index < -0.39 is 27.9 Å². The Morgan fingerprint density at radius 3 is 2.37 bits per heavy atom. The molecule has 12 heteroatoms. The lowest BCUT2D eigenvalue weighted by molar-refractivity contribution is 0.0936. The first kappa shape index (κ1) is 25.3. The zero-order chi connectivity index (χ0) is 25.2. The Morgan fingerprint density at radius 2 is 1.74 bits per heavy atom. The Kier molecular flexibility index (Phi) is 7.55. The predicted molar refractivity (Wildman–Crippen MR) is 131 cm³/mol. The van der Waals surface area contributed by atoms with Crippen molar-refractivity contribution in [2.45, 2.75) is 37.6 Å². The average Bonchev–Trinajstić information content (AvgIpc) is 3.52. The number of carbonyl (C=O) groups is 3. The number of ether oxygens (including phenoxy) is 1. The van der Waals surface area contributed by atoms with Crippen LogP contribution in [-0.2, 0) is 27.7 Å². The SMILES string of the molecule is CCN1CCc2c(sc(NC(=O)c3ccc(S(=O)(=O)N4CCCC4)cc3)c2C(=O)NC(=O)OC)C1. The Morgan fingerprint density at radius 1 is 1.06 bits per heavy atom. The number of benzene rings is 1. The van der Waals surface area contributed by atoms with Crippen LogP contribution in [0.25, 0.3) is 0 Å². The van der Waals surface area contributed by atoms with Crippen molar-refractivity contribution >= 4 is 44.3 Å². The van der Waals surface area contributed by atoms with Gasteiger partial charge in [-0.15, -0.1) is 11.3 Å². The van der Waals surface area contributed by atoms with E-state index in [0.717, 1.165) is 36.4 Å². The Labute approximate surface area is 208 Å². The minimum Gasteiger partial charge on any atom is -0.453 e. The molecule has 2 N–H and O–H groups in total. The van der Waals surface area contributed by atoms with Crippen LogP contribution in [0.1, 0.15) is 50.9 Å². The molecule has 1 aromatic carbocycles. The van der Waals surface area contributed by atoms with Crippen LogP contribution in [-0.4, -0.2) is 68.8 Å². The highest BCUT2D eigenvalue weighted by molar-refractivity contribution is 7.89. The van der Waals surface area contributed by atoms with Crippen molar-refractivity contribution in [1.82, 2.24) is 14.5 Å². The zero-order valence-corrected chi connectivity index (χ0v) is 21.3. The monoisotopic (exact) mass is 520 g/mol. The molecule has 0 unspecified atom stereocenters. The van der Waals surface area contributed by atoms with Crippen LogP contribution in [0.4, 0.5) is 9.80 Å². The number of fused-ring (bicyclic) bond motifs is 1. The molecular formula is C23H28N4O6S2. The summed E-state index contributed by atoms with van der Waals surface area (Å²) in [4.78, 5) is 40.9. The summed E-state index contributed by atoms with van der Waals surface area (Å²) < 4.78 is 31.5. The van der Waals surface area contributed by atoms with E-state index in [1.54, 1.807) is 0 Å². The van der Waals surface area contributed by atoms with Gasteiger partial charge in [0.05, 0.1) is 17.6 Å². The van der Waals surface area contributed by atoms with Crippen LogP contribution in [0.5, 0.6) is 0 Å². The molecule has 1 saturated heterocycles. The molecule has 2 aromatic rings. The van der Waals surface area contributed by atoms with Crippen LogP contribution in [0.2, 0.25) is 0 Å². The molecule has 3 amide bonds. The number of sulfonamides is 1. The number of likely N-dealkylation sites (N-methyl/N-ethyl adjacent to an activating group) is 1. The van der Waals surface area contributed by atoms with Gasteiger partial charge in [-0.1, -0.05) is 6.92 Å². The number of methoxy groups -OCH3 is 1. The number of rotatable bonds is 6. The van der Waals surface area contributed by atoms with E-state index in [1.165, 1.54) is 47.0 Å². The van der Waals surface area contributed by atoms with Crippen molar-refractivity contribution in [3.05, 3.63) is 45.8 Å².